The number of nitrogens with zero attached hydrogens (tertiary/aromatic N) is 1. The number of carbonyl (C=O) groups excluding carboxylic acids is 2. The molecule has 1 fully saturated rings. The third-order valence-corrected chi connectivity index (χ3v) is 7.39. The Labute approximate surface area is 225 Å². The summed E-state index contributed by atoms with van der Waals surface area (Å²) in [6, 6.07) is 25.2. The highest BCUT2D eigenvalue weighted by atomic mass is 19.1. The van der Waals surface area contributed by atoms with E-state index in [0.717, 1.165) is 11.1 Å². The van der Waals surface area contributed by atoms with E-state index in [0.29, 0.717) is 42.6 Å². The molecule has 0 radical (unpaired) electrons. The number of likely N-dealkylation sites (tertiary alicyclic amines) is 1. The van der Waals surface area contributed by atoms with E-state index < -0.39 is 11.2 Å². The van der Waals surface area contributed by atoms with Crippen molar-refractivity contribution in [1.82, 2.24) is 10.2 Å². The van der Waals surface area contributed by atoms with Gasteiger partial charge in [0.05, 0.1) is 5.41 Å². The lowest BCUT2D eigenvalue weighted by Gasteiger charge is -2.41. The second-order valence-electron chi connectivity index (χ2n) is 9.78. The van der Waals surface area contributed by atoms with Gasteiger partial charge in [-0.2, -0.15) is 0 Å². The van der Waals surface area contributed by atoms with Crippen LogP contribution in [-0.4, -0.2) is 29.8 Å². The summed E-state index contributed by atoms with van der Waals surface area (Å²) < 4.78 is 40.5. The van der Waals surface area contributed by atoms with Crippen LogP contribution in [0, 0.1) is 17.5 Å². The van der Waals surface area contributed by atoms with Crippen molar-refractivity contribution in [3.8, 4) is 11.1 Å². The summed E-state index contributed by atoms with van der Waals surface area (Å²) in [7, 11) is 0. The molecular formula is C32H27F3N2O2. The fourth-order valence-electron chi connectivity index (χ4n) is 5.14. The molecule has 198 valence electrons. The molecule has 4 nitrogen and oxygen atoms in total. The Bertz CT molecular complexity index is 1460. The van der Waals surface area contributed by atoms with E-state index in [1.165, 1.54) is 36.4 Å². The summed E-state index contributed by atoms with van der Waals surface area (Å²) in [6.07, 6.45) is 0.708. The summed E-state index contributed by atoms with van der Waals surface area (Å²) in [6.45, 7) is 0.829. The zero-order valence-electron chi connectivity index (χ0n) is 21.2. The zero-order chi connectivity index (χ0) is 27.4. The summed E-state index contributed by atoms with van der Waals surface area (Å²) in [4.78, 5) is 28.6. The highest BCUT2D eigenvalue weighted by molar-refractivity contribution is 5.95. The van der Waals surface area contributed by atoms with Crippen LogP contribution in [0.1, 0.15) is 34.3 Å². The number of amides is 2. The van der Waals surface area contributed by atoms with Crippen LogP contribution >= 0.6 is 0 Å². The Morgan fingerprint density at radius 2 is 1.28 bits per heavy atom. The van der Waals surface area contributed by atoms with Gasteiger partial charge in [-0.3, -0.25) is 9.59 Å². The fourth-order valence-corrected chi connectivity index (χ4v) is 5.14. The predicted molar refractivity (Wildman–Crippen MR) is 143 cm³/mol. The SMILES string of the molecule is O=C(c1ccc(-c2ccc(F)cc2)cc1)N1CCC(C(=O)NCc2cccc(F)c2)(c2ccc(F)cc2)CC1. The van der Waals surface area contributed by atoms with Gasteiger partial charge in [-0.25, -0.2) is 13.2 Å². The van der Waals surface area contributed by atoms with Crippen LogP contribution in [0.15, 0.2) is 97.1 Å². The van der Waals surface area contributed by atoms with E-state index in [4.69, 9.17) is 0 Å². The highest BCUT2D eigenvalue weighted by Crippen LogP contribution is 2.37. The number of piperidine rings is 1. The highest BCUT2D eigenvalue weighted by Gasteiger charge is 2.43. The normalized spacial score (nSPS) is 14.6. The Balaban J connectivity index is 1.31. The number of nitrogens with one attached hydrogen (secondary N) is 1. The van der Waals surface area contributed by atoms with Gasteiger partial charge in [0.25, 0.3) is 5.91 Å². The van der Waals surface area contributed by atoms with Crippen molar-refractivity contribution in [3.05, 3.63) is 131 Å². The van der Waals surface area contributed by atoms with Crippen molar-refractivity contribution < 1.29 is 22.8 Å². The lowest BCUT2D eigenvalue weighted by atomic mass is 9.71. The minimum absolute atomic E-state index is 0.145. The van der Waals surface area contributed by atoms with E-state index in [1.54, 1.807) is 53.4 Å². The number of benzene rings is 4. The van der Waals surface area contributed by atoms with Crippen LogP contribution in [-0.2, 0) is 16.8 Å². The number of hydrogen-bond donors (Lipinski definition) is 1. The van der Waals surface area contributed by atoms with E-state index in [1.807, 2.05) is 12.1 Å². The number of halogens is 3. The monoisotopic (exact) mass is 528 g/mol. The van der Waals surface area contributed by atoms with Crippen LogP contribution < -0.4 is 5.32 Å². The minimum atomic E-state index is -0.954. The molecule has 1 aliphatic heterocycles. The maximum absolute atomic E-state index is 13.7. The van der Waals surface area contributed by atoms with Gasteiger partial charge >= 0.3 is 0 Å². The molecule has 7 heteroatoms. The minimum Gasteiger partial charge on any atom is -0.351 e. The second kappa shape index (κ2) is 11.2. The van der Waals surface area contributed by atoms with Crippen molar-refractivity contribution in [2.75, 3.05) is 13.1 Å². The van der Waals surface area contributed by atoms with Crippen LogP contribution in [0.3, 0.4) is 0 Å². The van der Waals surface area contributed by atoms with Gasteiger partial charge in [-0.05, 0) is 83.6 Å². The van der Waals surface area contributed by atoms with Crippen molar-refractivity contribution in [2.45, 2.75) is 24.8 Å². The van der Waals surface area contributed by atoms with E-state index in [2.05, 4.69) is 5.32 Å². The van der Waals surface area contributed by atoms with Crippen LogP contribution in [0.5, 0.6) is 0 Å². The fraction of sp³-hybridized carbons (Fsp3) is 0.188. The lowest BCUT2D eigenvalue weighted by molar-refractivity contribution is -0.128. The molecule has 1 saturated heterocycles. The summed E-state index contributed by atoms with van der Waals surface area (Å²) in [5.41, 5.74) is 2.60. The maximum atomic E-state index is 13.7. The smallest absolute Gasteiger partial charge is 0.253 e. The standard InChI is InChI=1S/C32H27F3N2O2/c33-27-12-8-24(9-13-27)23-4-6-25(7-5-23)30(38)37-18-16-32(17-19-37,26-10-14-28(34)15-11-26)31(39)36-21-22-2-1-3-29(35)20-22/h1-15,20H,16-19,21H2,(H,36,39). The van der Waals surface area contributed by atoms with Crippen LogP contribution in [0.25, 0.3) is 11.1 Å². The van der Waals surface area contributed by atoms with Gasteiger partial charge in [0.1, 0.15) is 17.5 Å². The first-order valence-corrected chi connectivity index (χ1v) is 12.8. The molecule has 1 N–H and O–H groups in total. The first-order valence-electron chi connectivity index (χ1n) is 12.8. The number of hydrogen-bond acceptors (Lipinski definition) is 2. The molecule has 0 spiro atoms. The Kier molecular flexibility index (Phi) is 7.50. The average molecular weight is 529 g/mol. The molecular weight excluding hydrogens is 501 g/mol. The van der Waals surface area contributed by atoms with Gasteiger partial charge in [0.15, 0.2) is 0 Å². The van der Waals surface area contributed by atoms with Gasteiger partial charge in [0.2, 0.25) is 5.91 Å². The van der Waals surface area contributed by atoms with Gasteiger partial charge in [-0.15, -0.1) is 0 Å². The van der Waals surface area contributed by atoms with E-state index >= 15 is 0 Å². The molecule has 4 aromatic carbocycles. The molecule has 0 saturated carbocycles. The Hall–Kier alpha value is -4.39. The predicted octanol–water partition coefficient (Wildman–Crippen LogP) is 6.26. The molecule has 0 atom stereocenters. The van der Waals surface area contributed by atoms with Crippen LogP contribution in [0.4, 0.5) is 13.2 Å². The molecule has 1 aliphatic rings. The first kappa shape index (κ1) is 26.2. The molecule has 4 aromatic rings. The van der Waals surface area contributed by atoms with Crippen molar-refractivity contribution in [2.24, 2.45) is 0 Å². The van der Waals surface area contributed by atoms with Gasteiger partial charge < -0.3 is 10.2 Å². The number of carbonyl (C=O) groups is 2. The molecule has 0 aliphatic carbocycles. The first-order chi connectivity index (χ1) is 18.8. The van der Waals surface area contributed by atoms with Crippen molar-refractivity contribution >= 4 is 11.8 Å². The second-order valence-corrected chi connectivity index (χ2v) is 9.78. The van der Waals surface area contributed by atoms with Crippen molar-refractivity contribution in [3.63, 3.8) is 0 Å². The molecule has 0 aromatic heterocycles. The topological polar surface area (TPSA) is 49.4 Å². The number of rotatable bonds is 6. The molecule has 2 amide bonds. The largest absolute Gasteiger partial charge is 0.351 e. The van der Waals surface area contributed by atoms with Crippen LogP contribution in [0.2, 0.25) is 0 Å². The van der Waals surface area contributed by atoms with E-state index in [-0.39, 0.29) is 30.0 Å². The molecule has 0 bridgehead atoms. The lowest BCUT2D eigenvalue weighted by Crippen LogP contribution is -2.52. The molecule has 39 heavy (non-hydrogen) atoms. The Morgan fingerprint density at radius 3 is 1.87 bits per heavy atom. The molecule has 0 unspecified atom stereocenters. The molecule has 1 heterocycles. The van der Waals surface area contributed by atoms with Gasteiger partial charge in [0, 0.05) is 25.2 Å². The third kappa shape index (κ3) is 5.72. The quantitative estimate of drug-likeness (QED) is 0.321. The summed E-state index contributed by atoms with van der Waals surface area (Å²) in [5.74, 6) is -1.48. The third-order valence-electron chi connectivity index (χ3n) is 7.39. The van der Waals surface area contributed by atoms with Gasteiger partial charge in [-0.1, -0.05) is 48.5 Å². The zero-order valence-corrected chi connectivity index (χ0v) is 21.2. The molecule has 5 rings (SSSR count). The van der Waals surface area contributed by atoms with Crippen molar-refractivity contribution in [1.29, 1.82) is 0 Å². The average Bonchev–Trinajstić information content (AvgIpc) is 2.96. The summed E-state index contributed by atoms with van der Waals surface area (Å²) >= 11 is 0. The summed E-state index contributed by atoms with van der Waals surface area (Å²) in [5, 5.41) is 2.92. The van der Waals surface area contributed by atoms with E-state index in [9.17, 15) is 22.8 Å². The Morgan fingerprint density at radius 1 is 0.718 bits per heavy atom. The maximum Gasteiger partial charge on any atom is 0.253 e.